The van der Waals surface area contributed by atoms with E-state index in [0.717, 1.165) is 18.4 Å². The second kappa shape index (κ2) is 10.3. The highest BCUT2D eigenvalue weighted by Gasteiger charge is 2.33. The number of aryl methyl sites for hydroxylation is 2. The lowest BCUT2D eigenvalue weighted by atomic mass is 9.89. The average molecular weight is 509 g/mol. The summed E-state index contributed by atoms with van der Waals surface area (Å²) < 4.78 is 27.6. The molecule has 0 bridgehead atoms. The summed E-state index contributed by atoms with van der Waals surface area (Å²) >= 11 is 12.4. The van der Waals surface area contributed by atoms with Gasteiger partial charge in [-0.3, -0.25) is 4.79 Å². The van der Waals surface area contributed by atoms with Gasteiger partial charge < -0.3 is 5.32 Å². The Morgan fingerprint density at radius 1 is 1.09 bits per heavy atom. The van der Waals surface area contributed by atoms with Crippen molar-refractivity contribution in [3.05, 3.63) is 68.7 Å². The number of fused-ring (bicyclic) bond motifs is 1. The molecule has 4 rings (SSSR count). The Kier molecular flexibility index (Phi) is 7.69. The van der Waals surface area contributed by atoms with Crippen LogP contribution in [0.1, 0.15) is 60.9 Å². The highest BCUT2D eigenvalue weighted by Crippen LogP contribution is 2.30. The molecule has 5 nitrogen and oxygen atoms in total. The Morgan fingerprint density at radius 2 is 1.79 bits per heavy atom. The molecule has 8 heteroatoms. The maximum atomic E-state index is 13.1. The molecule has 33 heavy (non-hydrogen) atoms. The number of rotatable bonds is 6. The van der Waals surface area contributed by atoms with E-state index in [2.05, 4.69) is 23.5 Å². The van der Waals surface area contributed by atoms with Crippen LogP contribution in [0.3, 0.4) is 0 Å². The van der Waals surface area contributed by atoms with Crippen LogP contribution in [0.15, 0.2) is 36.4 Å². The largest absolute Gasteiger partial charge is 0.349 e. The molecule has 0 unspecified atom stereocenters. The molecule has 1 aliphatic heterocycles. The summed E-state index contributed by atoms with van der Waals surface area (Å²) in [6.45, 7) is 2.56. The van der Waals surface area contributed by atoms with Crippen LogP contribution in [0.2, 0.25) is 10.0 Å². The van der Waals surface area contributed by atoms with E-state index >= 15 is 0 Å². The predicted molar refractivity (Wildman–Crippen MR) is 133 cm³/mol. The van der Waals surface area contributed by atoms with Gasteiger partial charge in [0.2, 0.25) is 15.9 Å². The molecular weight excluding hydrogens is 479 g/mol. The number of piperidine rings is 1. The van der Waals surface area contributed by atoms with Crippen LogP contribution in [-0.2, 0) is 33.4 Å². The number of nitrogens with one attached hydrogen (secondary N) is 1. The second-order valence-corrected chi connectivity index (χ2v) is 11.9. The summed E-state index contributed by atoms with van der Waals surface area (Å²) in [6, 6.07) is 11.3. The van der Waals surface area contributed by atoms with E-state index in [4.69, 9.17) is 23.2 Å². The molecule has 1 N–H and O–H groups in total. The minimum absolute atomic E-state index is 0.101. The van der Waals surface area contributed by atoms with Crippen molar-refractivity contribution < 1.29 is 13.2 Å². The van der Waals surface area contributed by atoms with Gasteiger partial charge in [0.1, 0.15) is 0 Å². The Morgan fingerprint density at radius 3 is 2.52 bits per heavy atom. The SMILES string of the molecule is C[C@H](NC(=O)[C@@H]1CCCN(S(=O)(=O)Cc2c(Cl)cccc2Cl)C1)c1ccc2c(c1)CCCC2. The first-order chi connectivity index (χ1) is 15.7. The minimum atomic E-state index is -3.65. The van der Waals surface area contributed by atoms with E-state index in [-0.39, 0.29) is 30.2 Å². The monoisotopic (exact) mass is 508 g/mol. The molecule has 2 aliphatic rings. The molecule has 1 fully saturated rings. The normalized spacial score (nSPS) is 20.2. The van der Waals surface area contributed by atoms with Crippen LogP contribution >= 0.6 is 23.2 Å². The molecule has 1 saturated heterocycles. The zero-order valence-corrected chi connectivity index (χ0v) is 21.1. The summed E-state index contributed by atoms with van der Waals surface area (Å²) in [6.07, 6.45) is 5.98. The van der Waals surface area contributed by atoms with E-state index in [1.54, 1.807) is 18.2 Å². The van der Waals surface area contributed by atoms with Crippen LogP contribution in [0.4, 0.5) is 0 Å². The lowest BCUT2D eigenvalue weighted by Gasteiger charge is -2.32. The van der Waals surface area contributed by atoms with Crippen molar-refractivity contribution in [1.29, 1.82) is 0 Å². The van der Waals surface area contributed by atoms with Gasteiger partial charge in [0, 0.05) is 28.7 Å². The lowest BCUT2D eigenvalue weighted by molar-refractivity contribution is -0.126. The molecule has 0 radical (unpaired) electrons. The fourth-order valence-electron chi connectivity index (χ4n) is 4.79. The molecule has 1 heterocycles. The molecule has 1 aliphatic carbocycles. The van der Waals surface area contributed by atoms with E-state index in [1.807, 2.05) is 6.92 Å². The molecule has 2 atom stereocenters. The van der Waals surface area contributed by atoms with Gasteiger partial charge in [0.15, 0.2) is 0 Å². The number of sulfonamides is 1. The third kappa shape index (κ3) is 5.73. The number of amides is 1. The Hall–Kier alpha value is -1.60. The molecule has 2 aromatic rings. The quantitative estimate of drug-likeness (QED) is 0.576. The van der Waals surface area contributed by atoms with Crippen LogP contribution in [-0.4, -0.2) is 31.7 Å². The van der Waals surface area contributed by atoms with Gasteiger partial charge in [-0.15, -0.1) is 0 Å². The number of benzene rings is 2. The average Bonchev–Trinajstić information content (AvgIpc) is 2.81. The number of carbonyl (C=O) groups excluding carboxylic acids is 1. The zero-order chi connectivity index (χ0) is 23.6. The molecular formula is C25H30Cl2N2O3S. The fraction of sp³-hybridized carbons (Fsp3) is 0.480. The summed E-state index contributed by atoms with van der Waals surface area (Å²) in [5.74, 6) is -0.753. The third-order valence-electron chi connectivity index (χ3n) is 6.77. The van der Waals surface area contributed by atoms with Crippen molar-refractivity contribution in [1.82, 2.24) is 9.62 Å². The van der Waals surface area contributed by atoms with Crippen LogP contribution in [0.5, 0.6) is 0 Å². The lowest BCUT2D eigenvalue weighted by Crippen LogP contribution is -2.46. The first-order valence-electron chi connectivity index (χ1n) is 11.6. The molecule has 0 saturated carbocycles. The van der Waals surface area contributed by atoms with Gasteiger partial charge in [-0.1, -0.05) is 47.5 Å². The van der Waals surface area contributed by atoms with Crippen molar-refractivity contribution in [2.45, 2.75) is 57.2 Å². The van der Waals surface area contributed by atoms with Gasteiger partial charge in [-0.2, -0.15) is 0 Å². The maximum Gasteiger partial charge on any atom is 0.224 e. The minimum Gasteiger partial charge on any atom is -0.349 e. The molecule has 178 valence electrons. The summed E-state index contributed by atoms with van der Waals surface area (Å²) in [5, 5.41) is 3.77. The second-order valence-electron chi connectivity index (χ2n) is 9.12. The molecule has 1 amide bonds. The Labute approximate surface area is 206 Å². The highest BCUT2D eigenvalue weighted by molar-refractivity contribution is 7.88. The van der Waals surface area contributed by atoms with Crippen LogP contribution in [0.25, 0.3) is 0 Å². The number of halogens is 2. The van der Waals surface area contributed by atoms with E-state index in [1.165, 1.54) is 28.3 Å². The van der Waals surface area contributed by atoms with E-state index in [0.29, 0.717) is 35.0 Å². The van der Waals surface area contributed by atoms with Crippen LogP contribution < -0.4 is 5.32 Å². The van der Waals surface area contributed by atoms with Gasteiger partial charge in [0.25, 0.3) is 0 Å². The van der Waals surface area contributed by atoms with Crippen molar-refractivity contribution >= 4 is 39.1 Å². The van der Waals surface area contributed by atoms with Crippen molar-refractivity contribution in [2.24, 2.45) is 5.92 Å². The summed E-state index contributed by atoms with van der Waals surface area (Å²) in [4.78, 5) is 13.0. The molecule has 2 aromatic carbocycles. The zero-order valence-electron chi connectivity index (χ0n) is 18.8. The van der Waals surface area contributed by atoms with Gasteiger partial charge in [0.05, 0.1) is 17.7 Å². The smallest absolute Gasteiger partial charge is 0.224 e. The van der Waals surface area contributed by atoms with Crippen LogP contribution in [0, 0.1) is 5.92 Å². The third-order valence-corrected chi connectivity index (χ3v) is 9.25. The first kappa shape index (κ1) is 24.5. The van der Waals surface area contributed by atoms with Crippen molar-refractivity contribution in [2.75, 3.05) is 13.1 Å². The predicted octanol–water partition coefficient (Wildman–Crippen LogP) is 5.29. The first-order valence-corrected chi connectivity index (χ1v) is 13.9. The topological polar surface area (TPSA) is 66.5 Å². The van der Waals surface area contributed by atoms with Gasteiger partial charge in [-0.05, 0) is 74.3 Å². The van der Waals surface area contributed by atoms with Crippen molar-refractivity contribution in [3.8, 4) is 0 Å². The fourth-order valence-corrected chi connectivity index (χ4v) is 7.15. The number of nitrogens with zero attached hydrogens (tertiary/aromatic N) is 1. The number of carbonyl (C=O) groups is 1. The Balaban J connectivity index is 1.41. The molecule has 0 spiro atoms. The number of hydrogen-bond donors (Lipinski definition) is 1. The van der Waals surface area contributed by atoms with E-state index in [9.17, 15) is 13.2 Å². The van der Waals surface area contributed by atoms with E-state index < -0.39 is 10.0 Å². The maximum absolute atomic E-state index is 13.1. The van der Waals surface area contributed by atoms with Gasteiger partial charge >= 0.3 is 0 Å². The Bertz CT molecular complexity index is 1120. The number of hydrogen-bond acceptors (Lipinski definition) is 3. The molecule has 0 aromatic heterocycles. The standard InChI is InChI=1S/C25H30Cl2N2O3S/c1-17(19-12-11-18-6-2-3-7-20(18)14-19)28-25(30)21-8-5-13-29(15-21)33(31,32)16-22-23(26)9-4-10-24(22)27/h4,9-12,14,17,21H,2-3,5-8,13,15-16H2,1H3,(H,28,30)/t17-,21+/m0/s1. The summed E-state index contributed by atoms with van der Waals surface area (Å²) in [5.41, 5.74) is 4.29. The highest BCUT2D eigenvalue weighted by atomic mass is 35.5. The van der Waals surface area contributed by atoms with Crippen molar-refractivity contribution in [3.63, 3.8) is 0 Å². The van der Waals surface area contributed by atoms with Gasteiger partial charge in [-0.25, -0.2) is 12.7 Å². The summed E-state index contributed by atoms with van der Waals surface area (Å²) in [7, 11) is -3.65.